The molecule has 23 heavy (non-hydrogen) atoms. The van der Waals surface area contributed by atoms with Gasteiger partial charge in [-0.25, -0.2) is 4.68 Å². The molecule has 0 saturated heterocycles. The minimum absolute atomic E-state index is 0.614. The zero-order valence-corrected chi connectivity index (χ0v) is 14.5. The van der Waals surface area contributed by atoms with E-state index in [0.717, 1.165) is 26.5 Å². The van der Waals surface area contributed by atoms with Crippen molar-refractivity contribution in [3.8, 4) is 11.3 Å². The quantitative estimate of drug-likeness (QED) is 0.479. The first-order valence-corrected chi connectivity index (χ1v) is 8.98. The van der Waals surface area contributed by atoms with Gasteiger partial charge < -0.3 is 0 Å². The van der Waals surface area contributed by atoms with Gasteiger partial charge in [0, 0.05) is 15.8 Å². The summed E-state index contributed by atoms with van der Waals surface area (Å²) < 4.78 is 1.91. The second-order valence-corrected chi connectivity index (χ2v) is 6.93. The zero-order chi connectivity index (χ0) is 16.1. The molecule has 1 aromatic carbocycles. The summed E-state index contributed by atoms with van der Waals surface area (Å²) in [7, 11) is 0. The average Bonchev–Trinajstić information content (AvgIpc) is 3.21. The molecular formula is C18H17N3S2. The minimum atomic E-state index is 0.614. The summed E-state index contributed by atoms with van der Waals surface area (Å²) >= 11 is 3.26. The Kier molecular flexibility index (Phi) is 5.00. The maximum absolute atomic E-state index is 4.65. The van der Waals surface area contributed by atoms with E-state index in [-0.39, 0.29) is 0 Å². The SMILES string of the molecule is C=C(C)CN=c1scc(-c2ccccc2)n1N=Cc1cccs1. The minimum Gasteiger partial charge on any atom is -0.253 e. The van der Waals surface area contributed by atoms with Crippen LogP contribution in [0.15, 0.2) is 75.5 Å². The first kappa shape index (κ1) is 15.6. The number of aromatic nitrogens is 1. The number of hydrogen-bond donors (Lipinski definition) is 0. The van der Waals surface area contributed by atoms with Crippen LogP contribution in [-0.2, 0) is 0 Å². The molecule has 116 valence electrons. The molecule has 0 radical (unpaired) electrons. The van der Waals surface area contributed by atoms with Gasteiger partial charge in [-0.05, 0) is 18.4 Å². The molecule has 0 bridgehead atoms. The van der Waals surface area contributed by atoms with Gasteiger partial charge in [0.1, 0.15) is 0 Å². The second-order valence-electron chi connectivity index (χ2n) is 5.11. The van der Waals surface area contributed by atoms with E-state index in [4.69, 9.17) is 0 Å². The number of thiophene rings is 1. The molecule has 0 unspecified atom stereocenters. The second kappa shape index (κ2) is 7.35. The van der Waals surface area contributed by atoms with Crippen molar-refractivity contribution in [2.45, 2.75) is 6.92 Å². The molecule has 0 amide bonds. The van der Waals surface area contributed by atoms with Crippen LogP contribution in [0.4, 0.5) is 0 Å². The molecule has 5 heteroatoms. The monoisotopic (exact) mass is 339 g/mol. The van der Waals surface area contributed by atoms with Gasteiger partial charge in [-0.3, -0.25) is 4.99 Å². The van der Waals surface area contributed by atoms with Crippen LogP contribution >= 0.6 is 22.7 Å². The predicted molar refractivity (Wildman–Crippen MR) is 100 cm³/mol. The van der Waals surface area contributed by atoms with Gasteiger partial charge in [-0.1, -0.05) is 48.6 Å². The predicted octanol–water partition coefficient (Wildman–Crippen LogP) is 4.64. The lowest BCUT2D eigenvalue weighted by Gasteiger charge is -2.03. The Hall–Kier alpha value is -2.24. The lowest BCUT2D eigenvalue weighted by molar-refractivity contribution is 0.836. The number of benzene rings is 1. The fraction of sp³-hybridized carbons (Fsp3) is 0.111. The molecule has 2 aromatic heterocycles. The molecule has 0 saturated carbocycles. The molecule has 0 aliphatic carbocycles. The lowest BCUT2D eigenvalue weighted by atomic mass is 10.2. The highest BCUT2D eigenvalue weighted by atomic mass is 32.1. The molecule has 0 N–H and O–H groups in total. The van der Waals surface area contributed by atoms with Crippen molar-refractivity contribution in [1.29, 1.82) is 0 Å². The van der Waals surface area contributed by atoms with Crippen molar-refractivity contribution in [3.63, 3.8) is 0 Å². The molecule has 0 spiro atoms. The van der Waals surface area contributed by atoms with Crippen molar-refractivity contribution in [2.75, 3.05) is 6.54 Å². The van der Waals surface area contributed by atoms with Gasteiger partial charge in [0.15, 0.2) is 0 Å². The van der Waals surface area contributed by atoms with E-state index in [0.29, 0.717) is 6.54 Å². The van der Waals surface area contributed by atoms with Crippen LogP contribution < -0.4 is 4.80 Å². The van der Waals surface area contributed by atoms with E-state index in [2.05, 4.69) is 34.2 Å². The molecule has 0 aliphatic rings. The Morgan fingerprint density at radius 3 is 2.70 bits per heavy atom. The highest BCUT2D eigenvalue weighted by molar-refractivity contribution is 7.11. The Morgan fingerprint density at radius 1 is 1.17 bits per heavy atom. The maximum Gasteiger partial charge on any atom is 0.206 e. The van der Waals surface area contributed by atoms with Gasteiger partial charge in [0.2, 0.25) is 4.80 Å². The van der Waals surface area contributed by atoms with Crippen molar-refractivity contribution >= 4 is 28.9 Å². The first-order valence-electron chi connectivity index (χ1n) is 7.23. The van der Waals surface area contributed by atoms with Crippen LogP contribution in [0.5, 0.6) is 0 Å². The van der Waals surface area contributed by atoms with Gasteiger partial charge in [0.25, 0.3) is 0 Å². The largest absolute Gasteiger partial charge is 0.253 e. The molecule has 2 heterocycles. The lowest BCUT2D eigenvalue weighted by Crippen LogP contribution is -2.12. The third kappa shape index (κ3) is 3.94. The van der Waals surface area contributed by atoms with E-state index >= 15 is 0 Å². The molecule has 3 nitrogen and oxygen atoms in total. The fourth-order valence-electron chi connectivity index (χ4n) is 2.01. The Bertz CT molecular complexity index is 869. The van der Waals surface area contributed by atoms with Crippen LogP contribution in [0, 0.1) is 0 Å². The molecule has 3 rings (SSSR count). The van der Waals surface area contributed by atoms with Crippen molar-refractivity contribution in [2.24, 2.45) is 10.1 Å². The van der Waals surface area contributed by atoms with E-state index in [9.17, 15) is 0 Å². The van der Waals surface area contributed by atoms with Crippen molar-refractivity contribution < 1.29 is 0 Å². The molecule has 3 aromatic rings. The van der Waals surface area contributed by atoms with Crippen LogP contribution in [0.3, 0.4) is 0 Å². The van der Waals surface area contributed by atoms with Crippen molar-refractivity contribution in [3.05, 3.63) is 75.1 Å². The summed E-state index contributed by atoms with van der Waals surface area (Å²) in [6.45, 7) is 6.51. The van der Waals surface area contributed by atoms with E-state index < -0.39 is 0 Å². The van der Waals surface area contributed by atoms with Crippen LogP contribution in [0.25, 0.3) is 11.3 Å². The normalized spacial score (nSPS) is 12.1. The molecule has 0 aliphatic heterocycles. The number of thiazole rings is 1. The maximum atomic E-state index is 4.65. The number of rotatable bonds is 5. The highest BCUT2D eigenvalue weighted by Crippen LogP contribution is 2.19. The standard InChI is InChI=1S/C18H17N3S2/c1-14(2)11-19-18-21(20-12-16-9-6-10-22-16)17(13-23-18)15-7-4-3-5-8-15/h3-10,12-13H,1,11H2,2H3. The summed E-state index contributed by atoms with van der Waals surface area (Å²) in [6, 6.07) is 14.3. The summed E-state index contributed by atoms with van der Waals surface area (Å²) in [5.74, 6) is 0. The van der Waals surface area contributed by atoms with Gasteiger partial charge in [-0.15, -0.1) is 22.7 Å². The summed E-state index contributed by atoms with van der Waals surface area (Å²) in [5, 5.41) is 8.79. The molecule has 0 fully saturated rings. The third-order valence-corrected chi connectivity index (χ3v) is 4.74. The smallest absolute Gasteiger partial charge is 0.206 e. The van der Waals surface area contributed by atoms with E-state index in [1.807, 2.05) is 53.5 Å². The zero-order valence-electron chi connectivity index (χ0n) is 12.8. The number of hydrogen-bond acceptors (Lipinski definition) is 4. The Morgan fingerprint density at radius 2 is 2.00 bits per heavy atom. The molecule has 0 atom stereocenters. The fourth-order valence-corrected chi connectivity index (χ4v) is 3.43. The average molecular weight is 339 g/mol. The Balaban J connectivity index is 2.06. The van der Waals surface area contributed by atoms with Crippen LogP contribution in [0.2, 0.25) is 0 Å². The van der Waals surface area contributed by atoms with Crippen LogP contribution in [-0.4, -0.2) is 17.4 Å². The van der Waals surface area contributed by atoms with Crippen molar-refractivity contribution in [1.82, 2.24) is 4.68 Å². The van der Waals surface area contributed by atoms with E-state index in [1.54, 1.807) is 22.7 Å². The summed E-state index contributed by atoms with van der Waals surface area (Å²) in [5.41, 5.74) is 3.21. The third-order valence-electron chi connectivity index (χ3n) is 3.08. The van der Waals surface area contributed by atoms with Gasteiger partial charge in [-0.2, -0.15) is 5.10 Å². The molecular weight excluding hydrogens is 322 g/mol. The summed E-state index contributed by atoms with van der Waals surface area (Å²) in [4.78, 5) is 6.62. The first-order chi connectivity index (χ1) is 11.2. The highest BCUT2D eigenvalue weighted by Gasteiger charge is 2.06. The topological polar surface area (TPSA) is 29.6 Å². The van der Waals surface area contributed by atoms with Gasteiger partial charge >= 0.3 is 0 Å². The Labute approximate surface area is 143 Å². The summed E-state index contributed by atoms with van der Waals surface area (Å²) in [6.07, 6.45) is 1.88. The van der Waals surface area contributed by atoms with Crippen LogP contribution in [0.1, 0.15) is 11.8 Å². The van der Waals surface area contributed by atoms with Gasteiger partial charge in [0.05, 0.1) is 18.5 Å². The number of nitrogens with zero attached hydrogens (tertiary/aromatic N) is 3. The van der Waals surface area contributed by atoms with E-state index in [1.165, 1.54) is 0 Å².